The van der Waals surface area contributed by atoms with Crippen molar-refractivity contribution in [2.24, 2.45) is 5.92 Å². The van der Waals surface area contributed by atoms with Gasteiger partial charge in [-0.25, -0.2) is 14.8 Å². The van der Waals surface area contributed by atoms with E-state index in [-0.39, 0.29) is 42.8 Å². The molecule has 0 aliphatic rings. The van der Waals surface area contributed by atoms with Gasteiger partial charge in [-0.3, -0.25) is 19.2 Å². The predicted molar refractivity (Wildman–Crippen MR) is 169 cm³/mol. The molecule has 1 heterocycles. The molecule has 1 aromatic heterocycles. The Morgan fingerprint density at radius 2 is 1.76 bits per heavy atom. The van der Waals surface area contributed by atoms with Crippen LogP contribution in [0.5, 0.6) is 5.75 Å². The monoisotopic (exact) mass is 618 g/mol. The standard InChI is InChI=1S/C34H42N4O7/c1-4-7-9-15-26(30(5-2)38(23-39)45-21-24-13-10-8-11-14-24)32(40)35-22-36-33(41)29-17-12-16-28(37-29)25-18-19-27(34(42)43)31(20-25)44-6-3/h8,10-14,16-20,23,26,30H,4-7,9,15,21-22H2,1-3H3,(H,35,40)(H,36,41)(H,42,43)/t26-,30-/m1/s1. The van der Waals surface area contributed by atoms with Crippen LogP contribution >= 0.6 is 0 Å². The summed E-state index contributed by atoms with van der Waals surface area (Å²) in [5, 5.41) is 16.1. The molecule has 0 spiro atoms. The first-order valence-electron chi connectivity index (χ1n) is 15.3. The van der Waals surface area contributed by atoms with Gasteiger partial charge in [0.25, 0.3) is 5.91 Å². The number of nitrogens with zero attached hydrogens (tertiary/aromatic N) is 2. The molecule has 0 bridgehead atoms. The zero-order valence-corrected chi connectivity index (χ0v) is 26.0. The van der Waals surface area contributed by atoms with Crippen molar-refractivity contribution in [1.29, 1.82) is 0 Å². The van der Waals surface area contributed by atoms with E-state index in [1.165, 1.54) is 11.1 Å². The Kier molecular flexibility index (Phi) is 14.0. The largest absolute Gasteiger partial charge is 0.493 e. The van der Waals surface area contributed by atoms with Crippen LogP contribution in [0.3, 0.4) is 0 Å². The van der Waals surface area contributed by atoms with E-state index in [0.29, 0.717) is 30.5 Å². The van der Waals surface area contributed by atoms with E-state index < -0.39 is 23.8 Å². The number of benzene rings is 2. The van der Waals surface area contributed by atoms with Gasteiger partial charge < -0.3 is 20.5 Å². The SMILES string of the molecule is CCCCC[C@@H](C(=O)NCNC(=O)c1cccc(-c2ccc(C(=O)O)c(OCC)c2)n1)[C@@H](CC)N(C=O)OCc1ccccc1. The number of unbranched alkanes of at least 4 members (excludes halogenated alkanes) is 2. The number of carbonyl (C=O) groups excluding carboxylic acids is 3. The first-order chi connectivity index (χ1) is 21.8. The summed E-state index contributed by atoms with van der Waals surface area (Å²) in [5.74, 6) is -2.24. The Balaban J connectivity index is 1.67. The molecule has 11 heteroatoms. The van der Waals surface area contributed by atoms with E-state index in [1.54, 1.807) is 37.3 Å². The number of pyridine rings is 1. The molecule has 3 rings (SSSR count). The van der Waals surface area contributed by atoms with Gasteiger partial charge in [-0.1, -0.05) is 75.6 Å². The maximum absolute atomic E-state index is 13.4. The van der Waals surface area contributed by atoms with E-state index in [2.05, 4.69) is 22.5 Å². The van der Waals surface area contributed by atoms with Crippen molar-refractivity contribution < 1.29 is 33.9 Å². The molecule has 3 aromatic rings. The normalized spacial score (nSPS) is 12.1. The van der Waals surface area contributed by atoms with Crippen molar-refractivity contribution >= 4 is 24.2 Å². The number of rotatable bonds is 19. The Hall–Kier alpha value is -4.77. The summed E-state index contributed by atoms with van der Waals surface area (Å²) in [5.41, 5.74) is 2.09. The van der Waals surface area contributed by atoms with Crippen LogP contribution < -0.4 is 15.4 Å². The lowest BCUT2D eigenvalue weighted by Gasteiger charge is -2.32. The van der Waals surface area contributed by atoms with Gasteiger partial charge in [0.1, 0.15) is 23.6 Å². The second-order valence-electron chi connectivity index (χ2n) is 10.4. The Morgan fingerprint density at radius 3 is 2.42 bits per heavy atom. The first-order valence-corrected chi connectivity index (χ1v) is 15.3. The number of ether oxygens (including phenoxy) is 1. The lowest BCUT2D eigenvalue weighted by atomic mass is 9.90. The summed E-state index contributed by atoms with van der Waals surface area (Å²) in [4.78, 5) is 60.2. The summed E-state index contributed by atoms with van der Waals surface area (Å²) >= 11 is 0. The molecule has 0 aliphatic carbocycles. The number of carboxylic acids is 1. The number of carbonyl (C=O) groups is 4. The highest BCUT2D eigenvalue weighted by Gasteiger charge is 2.32. The summed E-state index contributed by atoms with van der Waals surface area (Å²) in [6, 6.07) is 18.5. The summed E-state index contributed by atoms with van der Waals surface area (Å²) < 4.78 is 5.49. The highest BCUT2D eigenvalue weighted by atomic mass is 16.7. The third kappa shape index (κ3) is 10.1. The number of amides is 3. The van der Waals surface area contributed by atoms with Crippen LogP contribution in [0.25, 0.3) is 11.3 Å². The summed E-state index contributed by atoms with van der Waals surface area (Å²) in [6.45, 7) is 6.08. The molecule has 3 N–H and O–H groups in total. The number of nitrogens with one attached hydrogen (secondary N) is 2. The fourth-order valence-electron chi connectivity index (χ4n) is 4.97. The van der Waals surface area contributed by atoms with Crippen LogP contribution in [0.1, 0.15) is 79.3 Å². The summed E-state index contributed by atoms with van der Waals surface area (Å²) in [7, 11) is 0. The maximum Gasteiger partial charge on any atom is 0.339 e. The molecule has 45 heavy (non-hydrogen) atoms. The topological polar surface area (TPSA) is 147 Å². The zero-order valence-electron chi connectivity index (χ0n) is 26.0. The molecule has 0 unspecified atom stereocenters. The highest BCUT2D eigenvalue weighted by molar-refractivity contribution is 5.94. The Labute approximate surface area is 263 Å². The van der Waals surface area contributed by atoms with Crippen LogP contribution in [0.4, 0.5) is 0 Å². The van der Waals surface area contributed by atoms with E-state index in [0.717, 1.165) is 24.8 Å². The van der Waals surface area contributed by atoms with Crippen LogP contribution in [0, 0.1) is 5.92 Å². The van der Waals surface area contributed by atoms with Gasteiger partial charge in [0.15, 0.2) is 0 Å². The van der Waals surface area contributed by atoms with Gasteiger partial charge in [-0.15, -0.1) is 0 Å². The van der Waals surface area contributed by atoms with Gasteiger partial charge in [0, 0.05) is 5.56 Å². The van der Waals surface area contributed by atoms with E-state index >= 15 is 0 Å². The first kappa shape index (κ1) is 34.7. The van der Waals surface area contributed by atoms with Crippen LogP contribution in [-0.2, 0) is 21.0 Å². The van der Waals surface area contributed by atoms with Gasteiger partial charge in [0.2, 0.25) is 12.3 Å². The van der Waals surface area contributed by atoms with Crippen molar-refractivity contribution in [3.63, 3.8) is 0 Å². The minimum absolute atomic E-state index is 0.0302. The lowest BCUT2D eigenvalue weighted by molar-refractivity contribution is -0.200. The van der Waals surface area contributed by atoms with Gasteiger partial charge >= 0.3 is 5.97 Å². The molecule has 0 aliphatic heterocycles. The molecule has 2 aromatic carbocycles. The minimum Gasteiger partial charge on any atom is -0.493 e. The maximum atomic E-state index is 13.4. The fraction of sp³-hybridized carbons (Fsp3) is 0.382. The zero-order chi connectivity index (χ0) is 32.6. The molecule has 240 valence electrons. The molecular formula is C34H42N4O7. The van der Waals surface area contributed by atoms with Gasteiger partial charge in [-0.05, 0) is 49.6 Å². The van der Waals surface area contributed by atoms with Crippen LogP contribution in [0.15, 0.2) is 66.7 Å². The quantitative estimate of drug-likeness (QED) is 0.0718. The minimum atomic E-state index is -1.11. The van der Waals surface area contributed by atoms with Crippen molar-refractivity contribution in [3.8, 4) is 17.0 Å². The average Bonchev–Trinajstić information content (AvgIpc) is 3.06. The van der Waals surface area contributed by atoms with Crippen molar-refractivity contribution in [2.45, 2.75) is 65.5 Å². The third-order valence-electron chi connectivity index (χ3n) is 7.29. The smallest absolute Gasteiger partial charge is 0.339 e. The molecule has 0 saturated carbocycles. The molecule has 11 nitrogen and oxygen atoms in total. The molecule has 3 amide bonds. The van der Waals surface area contributed by atoms with Gasteiger partial charge in [-0.2, -0.15) is 0 Å². The highest BCUT2D eigenvalue weighted by Crippen LogP contribution is 2.27. The molecular weight excluding hydrogens is 576 g/mol. The van der Waals surface area contributed by atoms with Crippen molar-refractivity contribution in [1.82, 2.24) is 20.7 Å². The van der Waals surface area contributed by atoms with E-state index in [4.69, 9.17) is 9.57 Å². The summed E-state index contributed by atoms with van der Waals surface area (Å²) in [6.07, 6.45) is 4.39. The Bertz CT molecular complexity index is 1420. The molecule has 0 radical (unpaired) electrons. The number of hydrogen-bond donors (Lipinski definition) is 3. The fourth-order valence-corrected chi connectivity index (χ4v) is 4.97. The average molecular weight is 619 g/mol. The number of hydroxylamine groups is 2. The number of carboxylic acid groups (broad SMARTS) is 1. The number of aromatic nitrogens is 1. The second-order valence-corrected chi connectivity index (χ2v) is 10.4. The van der Waals surface area contributed by atoms with E-state index in [1.807, 2.05) is 37.3 Å². The second kappa shape index (κ2) is 18.1. The Morgan fingerprint density at radius 1 is 0.978 bits per heavy atom. The number of aromatic carboxylic acids is 1. The van der Waals surface area contributed by atoms with E-state index in [9.17, 15) is 24.3 Å². The van der Waals surface area contributed by atoms with Crippen LogP contribution in [0.2, 0.25) is 0 Å². The molecule has 2 atom stereocenters. The van der Waals surface area contributed by atoms with Crippen LogP contribution in [-0.4, -0.2) is 58.7 Å². The lowest BCUT2D eigenvalue weighted by Crippen LogP contribution is -2.48. The van der Waals surface area contributed by atoms with Gasteiger partial charge in [0.05, 0.1) is 30.9 Å². The molecule has 0 fully saturated rings. The molecule has 0 saturated heterocycles. The predicted octanol–water partition coefficient (Wildman–Crippen LogP) is 5.21. The number of hydrogen-bond acceptors (Lipinski definition) is 7. The van der Waals surface area contributed by atoms with Crippen molar-refractivity contribution in [2.75, 3.05) is 13.3 Å². The third-order valence-corrected chi connectivity index (χ3v) is 7.29. The van der Waals surface area contributed by atoms with Crippen molar-refractivity contribution in [3.05, 3.63) is 83.6 Å².